The van der Waals surface area contributed by atoms with Crippen LogP contribution in [0, 0.1) is 11.8 Å². The molecule has 2 heterocycles. The van der Waals surface area contributed by atoms with E-state index in [1.807, 2.05) is 6.92 Å². The first-order valence-corrected chi connectivity index (χ1v) is 4.99. The zero-order valence-electron chi connectivity index (χ0n) is 6.05. The van der Waals surface area contributed by atoms with Crippen LogP contribution in [0.15, 0.2) is 17.5 Å². The van der Waals surface area contributed by atoms with Crippen LogP contribution in [-0.2, 0) is 0 Å². The second kappa shape index (κ2) is 2.69. The Morgan fingerprint density at radius 3 is 3.00 bits per heavy atom. The molecule has 0 radical (unpaired) electrons. The third-order valence-electron chi connectivity index (χ3n) is 1.39. The summed E-state index contributed by atoms with van der Waals surface area (Å²) in [4.78, 5) is 1.18. The molecule has 2 rings (SSSR count). The highest BCUT2D eigenvalue weighted by molar-refractivity contribution is 7.27. The van der Waals surface area contributed by atoms with Crippen LogP contribution in [0.25, 0.3) is 9.40 Å². The molecule has 0 aliphatic heterocycles. The van der Waals surface area contributed by atoms with Crippen molar-refractivity contribution in [3.8, 4) is 11.8 Å². The molecule has 0 atom stereocenters. The van der Waals surface area contributed by atoms with Crippen LogP contribution < -0.4 is 0 Å². The van der Waals surface area contributed by atoms with Crippen LogP contribution in [-0.4, -0.2) is 0 Å². The van der Waals surface area contributed by atoms with Gasteiger partial charge in [0.15, 0.2) is 0 Å². The van der Waals surface area contributed by atoms with E-state index in [1.165, 1.54) is 14.3 Å². The molecule has 0 nitrogen and oxygen atoms in total. The summed E-state index contributed by atoms with van der Waals surface area (Å²) in [6.07, 6.45) is 0. The monoisotopic (exact) mass is 178 g/mol. The summed E-state index contributed by atoms with van der Waals surface area (Å²) in [7, 11) is 0. The lowest BCUT2D eigenvalue weighted by Gasteiger charge is -1.72. The lowest BCUT2D eigenvalue weighted by molar-refractivity contribution is 1.89. The Morgan fingerprint density at radius 2 is 2.27 bits per heavy atom. The van der Waals surface area contributed by atoms with E-state index in [0.717, 1.165) is 0 Å². The molecular weight excluding hydrogens is 172 g/mol. The van der Waals surface area contributed by atoms with Gasteiger partial charge in [-0.3, -0.25) is 0 Å². The number of rotatable bonds is 0. The third-order valence-corrected chi connectivity index (χ3v) is 3.40. The third kappa shape index (κ3) is 1.18. The van der Waals surface area contributed by atoms with E-state index in [-0.39, 0.29) is 0 Å². The topological polar surface area (TPSA) is 0 Å². The van der Waals surface area contributed by atoms with Gasteiger partial charge in [0.1, 0.15) is 0 Å². The van der Waals surface area contributed by atoms with Gasteiger partial charge in [-0.2, -0.15) is 0 Å². The predicted octanol–water partition coefficient (Wildman–Crippen LogP) is 3.33. The summed E-state index contributed by atoms with van der Waals surface area (Å²) in [5.74, 6) is 5.96. The molecule has 54 valence electrons. The largest absolute Gasteiger partial charge is 0.143 e. The fourth-order valence-corrected chi connectivity index (χ4v) is 2.96. The van der Waals surface area contributed by atoms with Crippen LogP contribution in [0.2, 0.25) is 0 Å². The highest BCUT2D eigenvalue weighted by atomic mass is 32.1. The molecule has 0 saturated carbocycles. The van der Waals surface area contributed by atoms with Crippen molar-refractivity contribution in [2.24, 2.45) is 0 Å². The summed E-state index contributed by atoms with van der Waals surface area (Å²) in [6, 6.07) is 4.30. The summed E-state index contributed by atoms with van der Waals surface area (Å²) in [5, 5.41) is 2.12. The quantitative estimate of drug-likeness (QED) is 0.543. The lowest BCUT2D eigenvalue weighted by Crippen LogP contribution is -1.55. The highest BCUT2D eigenvalue weighted by Crippen LogP contribution is 2.29. The standard InChI is InChI=1S/C9H6S2/c1-2-3-7-6-9-8(11-7)4-5-10-9/h4-6H,1H3. The number of hydrogen-bond donors (Lipinski definition) is 0. The zero-order chi connectivity index (χ0) is 7.68. The zero-order valence-corrected chi connectivity index (χ0v) is 7.68. The van der Waals surface area contributed by atoms with Crippen molar-refractivity contribution in [2.75, 3.05) is 0 Å². The van der Waals surface area contributed by atoms with Gasteiger partial charge in [-0.25, -0.2) is 0 Å². The van der Waals surface area contributed by atoms with Crippen molar-refractivity contribution in [3.05, 3.63) is 22.4 Å². The first-order chi connectivity index (χ1) is 5.40. The van der Waals surface area contributed by atoms with Crippen LogP contribution in [0.1, 0.15) is 11.8 Å². The lowest BCUT2D eigenvalue weighted by atomic mass is 10.4. The van der Waals surface area contributed by atoms with E-state index in [2.05, 4.69) is 29.4 Å². The van der Waals surface area contributed by atoms with Gasteiger partial charge >= 0.3 is 0 Å². The van der Waals surface area contributed by atoms with Crippen molar-refractivity contribution in [1.82, 2.24) is 0 Å². The Bertz CT molecular complexity index is 394. The highest BCUT2D eigenvalue weighted by Gasteiger charge is 1.98. The molecular formula is C9H6S2. The molecule has 0 amide bonds. The molecule has 0 N–H and O–H groups in total. The second-order valence-electron chi connectivity index (χ2n) is 2.13. The van der Waals surface area contributed by atoms with Crippen molar-refractivity contribution >= 4 is 32.1 Å². The maximum Gasteiger partial charge on any atom is 0.0789 e. The fourth-order valence-electron chi connectivity index (χ4n) is 0.951. The Hall–Kier alpha value is -0.780. The Balaban J connectivity index is 2.64. The molecule has 0 bridgehead atoms. The van der Waals surface area contributed by atoms with Crippen LogP contribution in [0.3, 0.4) is 0 Å². The van der Waals surface area contributed by atoms with E-state index in [4.69, 9.17) is 0 Å². The maximum atomic E-state index is 3.06. The molecule has 0 aliphatic rings. The van der Waals surface area contributed by atoms with E-state index in [1.54, 1.807) is 22.7 Å². The van der Waals surface area contributed by atoms with Gasteiger partial charge in [0, 0.05) is 9.40 Å². The first-order valence-electron chi connectivity index (χ1n) is 3.30. The van der Waals surface area contributed by atoms with Crippen molar-refractivity contribution in [1.29, 1.82) is 0 Å². The van der Waals surface area contributed by atoms with Crippen LogP contribution in [0.5, 0.6) is 0 Å². The second-order valence-corrected chi connectivity index (χ2v) is 4.17. The minimum Gasteiger partial charge on any atom is -0.143 e. The number of fused-ring (bicyclic) bond motifs is 1. The first kappa shape index (κ1) is 6.90. The molecule has 0 unspecified atom stereocenters. The molecule has 2 aromatic heterocycles. The van der Waals surface area contributed by atoms with Gasteiger partial charge < -0.3 is 0 Å². The van der Waals surface area contributed by atoms with Gasteiger partial charge in [0.25, 0.3) is 0 Å². The summed E-state index contributed by atoms with van der Waals surface area (Å²) < 4.78 is 2.71. The van der Waals surface area contributed by atoms with Gasteiger partial charge in [0.05, 0.1) is 4.88 Å². The molecule has 2 aromatic rings. The summed E-state index contributed by atoms with van der Waals surface area (Å²) in [6.45, 7) is 1.87. The molecule has 0 fully saturated rings. The Morgan fingerprint density at radius 1 is 1.36 bits per heavy atom. The van der Waals surface area contributed by atoms with E-state index in [0.29, 0.717) is 0 Å². The van der Waals surface area contributed by atoms with E-state index >= 15 is 0 Å². The van der Waals surface area contributed by atoms with Gasteiger partial charge in [0.2, 0.25) is 0 Å². The Labute approximate surface area is 73.5 Å². The average Bonchev–Trinajstić information content (AvgIpc) is 2.46. The molecule has 0 saturated heterocycles. The minimum atomic E-state index is 1.18. The van der Waals surface area contributed by atoms with Gasteiger partial charge in [-0.15, -0.1) is 28.6 Å². The molecule has 0 aromatic carbocycles. The van der Waals surface area contributed by atoms with Crippen molar-refractivity contribution in [3.63, 3.8) is 0 Å². The molecule has 0 spiro atoms. The van der Waals surface area contributed by atoms with Gasteiger partial charge in [-0.05, 0) is 24.4 Å². The summed E-state index contributed by atoms with van der Waals surface area (Å²) >= 11 is 3.54. The average molecular weight is 178 g/mol. The molecule has 11 heavy (non-hydrogen) atoms. The van der Waals surface area contributed by atoms with Crippen molar-refractivity contribution < 1.29 is 0 Å². The fraction of sp³-hybridized carbons (Fsp3) is 0.111. The number of thiophene rings is 2. The van der Waals surface area contributed by atoms with Crippen molar-refractivity contribution in [2.45, 2.75) is 6.92 Å². The molecule has 2 heteroatoms. The normalized spacial score (nSPS) is 9.55. The Kier molecular flexibility index (Phi) is 1.69. The van der Waals surface area contributed by atoms with Crippen LogP contribution in [0.4, 0.5) is 0 Å². The smallest absolute Gasteiger partial charge is 0.0789 e. The van der Waals surface area contributed by atoms with E-state index < -0.39 is 0 Å². The SMILES string of the molecule is CC#Cc1cc2sccc2s1. The minimum absolute atomic E-state index is 1.18. The number of hydrogen-bond acceptors (Lipinski definition) is 2. The van der Waals surface area contributed by atoms with Gasteiger partial charge in [-0.1, -0.05) is 5.92 Å². The van der Waals surface area contributed by atoms with Crippen LogP contribution >= 0.6 is 22.7 Å². The van der Waals surface area contributed by atoms with E-state index in [9.17, 15) is 0 Å². The predicted molar refractivity (Wildman–Crippen MR) is 52.3 cm³/mol. The maximum absolute atomic E-state index is 3.06. The molecule has 0 aliphatic carbocycles. The summed E-state index contributed by atoms with van der Waals surface area (Å²) in [5.41, 5.74) is 0.